The number of hydrogen-bond donors (Lipinski definition) is 0. The van der Waals surface area contributed by atoms with Crippen LogP contribution in [0.1, 0.15) is 38.5 Å². The largest absolute Gasteiger partial charge is 0.493 e. The molecule has 3 fully saturated rings. The molecule has 0 bridgehead atoms. The highest BCUT2D eigenvalue weighted by atomic mass is 16.5. The predicted octanol–water partition coefficient (Wildman–Crippen LogP) is 2.71. The van der Waals surface area contributed by atoms with Gasteiger partial charge in [0.2, 0.25) is 11.8 Å². The van der Waals surface area contributed by atoms with E-state index in [1.54, 1.807) is 0 Å². The Hall–Kier alpha value is -2.04. The van der Waals surface area contributed by atoms with Crippen molar-refractivity contribution in [2.45, 2.75) is 38.5 Å². The lowest BCUT2D eigenvalue weighted by atomic mass is 9.78. The average molecular weight is 356 g/mol. The standard InChI is InChI=1S/C21H28N2O3/c24-19(9-14-26-18-5-2-1-3-6-18)23-13-11-21(16-23)10-4-12-22(20(21)25)15-17-7-8-17/h1-3,5-6,17H,4,7-16H2/t21-/m0/s1. The van der Waals surface area contributed by atoms with Crippen LogP contribution in [-0.2, 0) is 9.59 Å². The molecule has 0 aromatic heterocycles. The van der Waals surface area contributed by atoms with Crippen molar-refractivity contribution in [3.63, 3.8) is 0 Å². The molecule has 2 saturated heterocycles. The molecule has 1 aromatic rings. The second-order valence-electron chi connectivity index (χ2n) is 8.06. The molecule has 5 heteroatoms. The van der Waals surface area contributed by atoms with Gasteiger partial charge < -0.3 is 14.5 Å². The maximum absolute atomic E-state index is 13.0. The molecule has 2 aliphatic heterocycles. The minimum Gasteiger partial charge on any atom is -0.493 e. The zero-order valence-corrected chi connectivity index (χ0v) is 15.4. The second-order valence-corrected chi connectivity index (χ2v) is 8.06. The third-order valence-corrected chi connectivity index (χ3v) is 6.03. The maximum atomic E-state index is 13.0. The summed E-state index contributed by atoms with van der Waals surface area (Å²) in [7, 11) is 0. The van der Waals surface area contributed by atoms with E-state index in [-0.39, 0.29) is 11.3 Å². The Morgan fingerprint density at radius 2 is 1.96 bits per heavy atom. The van der Waals surface area contributed by atoms with Crippen molar-refractivity contribution < 1.29 is 14.3 Å². The summed E-state index contributed by atoms with van der Waals surface area (Å²) in [6.07, 6.45) is 5.71. The van der Waals surface area contributed by atoms with Crippen LogP contribution in [0.4, 0.5) is 0 Å². The first-order valence-electron chi connectivity index (χ1n) is 9.91. The van der Waals surface area contributed by atoms with Gasteiger partial charge in [-0.15, -0.1) is 0 Å². The number of rotatable bonds is 6. The molecule has 26 heavy (non-hydrogen) atoms. The summed E-state index contributed by atoms with van der Waals surface area (Å²) >= 11 is 0. The molecule has 0 radical (unpaired) electrons. The van der Waals surface area contributed by atoms with Crippen molar-refractivity contribution in [1.29, 1.82) is 0 Å². The van der Waals surface area contributed by atoms with Crippen LogP contribution in [0.25, 0.3) is 0 Å². The highest BCUT2D eigenvalue weighted by Crippen LogP contribution is 2.41. The van der Waals surface area contributed by atoms with Crippen LogP contribution in [0.15, 0.2) is 30.3 Å². The van der Waals surface area contributed by atoms with Crippen molar-refractivity contribution >= 4 is 11.8 Å². The van der Waals surface area contributed by atoms with Gasteiger partial charge in [-0.2, -0.15) is 0 Å². The molecule has 0 unspecified atom stereocenters. The minimum absolute atomic E-state index is 0.102. The first kappa shape index (κ1) is 17.4. The van der Waals surface area contributed by atoms with Gasteiger partial charge >= 0.3 is 0 Å². The molecule has 1 aliphatic carbocycles. The van der Waals surface area contributed by atoms with E-state index in [1.807, 2.05) is 35.2 Å². The number of carbonyl (C=O) groups excluding carboxylic acids is 2. The second kappa shape index (κ2) is 7.29. The quantitative estimate of drug-likeness (QED) is 0.787. The van der Waals surface area contributed by atoms with Crippen molar-refractivity contribution in [1.82, 2.24) is 9.80 Å². The Morgan fingerprint density at radius 1 is 1.15 bits per heavy atom. The molecule has 2 heterocycles. The fourth-order valence-corrected chi connectivity index (χ4v) is 4.33. The van der Waals surface area contributed by atoms with Crippen molar-refractivity contribution in [2.24, 2.45) is 11.3 Å². The van der Waals surface area contributed by atoms with E-state index in [0.29, 0.717) is 32.0 Å². The van der Waals surface area contributed by atoms with E-state index in [9.17, 15) is 9.59 Å². The van der Waals surface area contributed by atoms with Gasteiger partial charge in [0.15, 0.2) is 0 Å². The van der Waals surface area contributed by atoms with E-state index in [0.717, 1.165) is 44.0 Å². The van der Waals surface area contributed by atoms with Gasteiger partial charge in [0.1, 0.15) is 5.75 Å². The summed E-state index contributed by atoms with van der Waals surface area (Å²) < 4.78 is 5.64. The number of likely N-dealkylation sites (tertiary alicyclic amines) is 2. The molecule has 0 N–H and O–H groups in total. The monoisotopic (exact) mass is 356 g/mol. The zero-order chi connectivity index (χ0) is 18.0. The third-order valence-electron chi connectivity index (χ3n) is 6.03. The third kappa shape index (κ3) is 3.71. The van der Waals surface area contributed by atoms with Crippen LogP contribution < -0.4 is 4.74 Å². The summed E-state index contributed by atoms with van der Waals surface area (Å²) in [6.45, 7) is 3.51. The normalized spacial score (nSPS) is 25.8. The Bertz CT molecular complexity index is 658. The average Bonchev–Trinajstić information content (AvgIpc) is 3.37. The lowest BCUT2D eigenvalue weighted by molar-refractivity contribution is -0.146. The molecule has 4 rings (SSSR count). The van der Waals surface area contributed by atoms with E-state index >= 15 is 0 Å². The first-order valence-corrected chi connectivity index (χ1v) is 9.91. The van der Waals surface area contributed by atoms with Crippen LogP contribution in [0.2, 0.25) is 0 Å². The summed E-state index contributed by atoms with van der Waals surface area (Å²) in [4.78, 5) is 29.6. The number of para-hydroxylation sites is 1. The molecule has 1 aromatic carbocycles. The number of amides is 2. The summed E-state index contributed by atoms with van der Waals surface area (Å²) in [5.41, 5.74) is -0.316. The number of ether oxygens (including phenoxy) is 1. The molecule has 3 aliphatic rings. The summed E-state index contributed by atoms with van der Waals surface area (Å²) in [5, 5.41) is 0. The Morgan fingerprint density at radius 3 is 2.73 bits per heavy atom. The number of benzene rings is 1. The van der Waals surface area contributed by atoms with Crippen LogP contribution in [0.5, 0.6) is 5.75 Å². The van der Waals surface area contributed by atoms with Gasteiger partial charge in [-0.3, -0.25) is 9.59 Å². The van der Waals surface area contributed by atoms with Crippen molar-refractivity contribution in [3.8, 4) is 5.75 Å². The van der Waals surface area contributed by atoms with Gasteiger partial charge in [0, 0.05) is 26.2 Å². The SMILES string of the molecule is O=C(CCOc1ccccc1)N1CC[C@@]2(CCCN(CC3CC3)C2=O)C1. The number of nitrogens with zero attached hydrogens (tertiary/aromatic N) is 2. The molecular formula is C21H28N2O3. The molecule has 140 valence electrons. The molecule has 1 atom stereocenters. The molecular weight excluding hydrogens is 328 g/mol. The first-order chi connectivity index (χ1) is 12.7. The van der Waals surface area contributed by atoms with Crippen LogP contribution in [0, 0.1) is 11.3 Å². The number of carbonyl (C=O) groups is 2. The van der Waals surface area contributed by atoms with E-state index in [1.165, 1.54) is 12.8 Å². The van der Waals surface area contributed by atoms with Gasteiger partial charge in [-0.05, 0) is 50.2 Å². The van der Waals surface area contributed by atoms with Crippen LogP contribution in [-0.4, -0.2) is 54.4 Å². The molecule has 5 nitrogen and oxygen atoms in total. The van der Waals surface area contributed by atoms with Gasteiger partial charge in [0.25, 0.3) is 0 Å². The van der Waals surface area contributed by atoms with Crippen molar-refractivity contribution in [2.75, 3.05) is 32.8 Å². The lowest BCUT2D eigenvalue weighted by Crippen LogP contribution is -2.51. The smallest absolute Gasteiger partial charge is 0.230 e. The highest BCUT2D eigenvalue weighted by Gasteiger charge is 2.49. The molecule has 1 spiro atoms. The summed E-state index contributed by atoms with van der Waals surface area (Å²) in [6, 6.07) is 9.57. The van der Waals surface area contributed by atoms with Gasteiger partial charge in [-0.25, -0.2) is 0 Å². The fraction of sp³-hybridized carbons (Fsp3) is 0.619. The van der Waals surface area contributed by atoms with Crippen molar-refractivity contribution in [3.05, 3.63) is 30.3 Å². The zero-order valence-electron chi connectivity index (χ0n) is 15.4. The molecule has 2 amide bonds. The van der Waals surface area contributed by atoms with Crippen LogP contribution in [0.3, 0.4) is 0 Å². The molecule has 1 saturated carbocycles. The lowest BCUT2D eigenvalue weighted by Gasteiger charge is -2.39. The Labute approximate surface area is 155 Å². The van der Waals surface area contributed by atoms with Gasteiger partial charge in [-0.1, -0.05) is 18.2 Å². The minimum atomic E-state index is -0.316. The fourth-order valence-electron chi connectivity index (χ4n) is 4.33. The maximum Gasteiger partial charge on any atom is 0.230 e. The van der Waals surface area contributed by atoms with Crippen LogP contribution >= 0.6 is 0 Å². The van der Waals surface area contributed by atoms with Gasteiger partial charge in [0.05, 0.1) is 18.4 Å². The highest BCUT2D eigenvalue weighted by molar-refractivity contribution is 5.86. The number of hydrogen-bond acceptors (Lipinski definition) is 3. The van der Waals surface area contributed by atoms with E-state index in [2.05, 4.69) is 4.90 Å². The summed E-state index contributed by atoms with van der Waals surface area (Å²) in [5.74, 6) is 1.91. The Balaban J connectivity index is 1.29. The van der Waals surface area contributed by atoms with E-state index < -0.39 is 0 Å². The number of piperidine rings is 1. The topological polar surface area (TPSA) is 49.9 Å². The predicted molar refractivity (Wildman–Crippen MR) is 98.7 cm³/mol. The Kier molecular flexibility index (Phi) is 4.88. The van der Waals surface area contributed by atoms with E-state index in [4.69, 9.17) is 4.74 Å².